The second-order valence-corrected chi connectivity index (χ2v) is 7.91. The summed E-state index contributed by atoms with van der Waals surface area (Å²) in [6.45, 7) is 5.81. The van der Waals surface area contributed by atoms with Crippen molar-refractivity contribution in [3.05, 3.63) is 65.5 Å². The van der Waals surface area contributed by atoms with Crippen molar-refractivity contribution < 1.29 is 27.1 Å². The zero-order chi connectivity index (χ0) is 23.3. The van der Waals surface area contributed by atoms with E-state index in [-0.39, 0.29) is 17.5 Å². The number of hydrogen-bond acceptors (Lipinski definition) is 3. The lowest BCUT2D eigenvalue weighted by molar-refractivity contribution is -0.137. The Morgan fingerprint density at radius 1 is 1.06 bits per heavy atom. The third-order valence-electron chi connectivity index (χ3n) is 4.94. The number of halogens is 4. The smallest absolute Gasteiger partial charge is 0.416 e. The Balaban J connectivity index is 1.74. The van der Waals surface area contributed by atoms with Gasteiger partial charge in [-0.25, -0.2) is 4.39 Å². The van der Waals surface area contributed by atoms with Crippen molar-refractivity contribution in [3.63, 3.8) is 0 Å². The molecule has 0 aliphatic carbocycles. The van der Waals surface area contributed by atoms with Gasteiger partial charge in [0.15, 0.2) is 0 Å². The van der Waals surface area contributed by atoms with Gasteiger partial charge in [-0.05, 0) is 36.2 Å². The van der Waals surface area contributed by atoms with Gasteiger partial charge in [-0.3, -0.25) is 4.79 Å². The van der Waals surface area contributed by atoms with E-state index in [1.165, 1.54) is 24.3 Å². The molecular formula is C23H25F4N3O2. The molecule has 0 N–H and O–H groups in total. The minimum Gasteiger partial charge on any atom is -0.465 e. The number of nitrogens with zero attached hydrogens (tertiary/aromatic N) is 3. The van der Waals surface area contributed by atoms with Crippen molar-refractivity contribution in [2.45, 2.75) is 20.0 Å². The molecule has 32 heavy (non-hydrogen) atoms. The fraction of sp³-hybridized carbons (Fsp3) is 0.391. The van der Waals surface area contributed by atoms with Crippen molar-refractivity contribution in [2.75, 3.05) is 37.7 Å². The lowest BCUT2D eigenvalue weighted by atomic mass is 10.1. The summed E-state index contributed by atoms with van der Waals surface area (Å²) in [6.07, 6.45) is -4.41. The fourth-order valence-corrected chi connectivity index (χ4v) is 3.25. The molecule has 1 aliphatic heterocycles. The molecule has 0 radical (unpaired) electrons. The van der Waals surface area contributed by atoms with E-state index in [0.717, 1.165) is 12.1 Å². The van der Waals surface area contributed by atoms with E-state index >= 15 is 0 Å². The van der Waals surface area contributed by atoms with E-state index in [4.69, 9.17) is 4.74 Å². The highest BCUT2D eigenvalue weighted by Crippen LogP contribution is 2.32. The van der Waals surface area contributed by atoms with Crippen molar-refractivity contribution >= 4 is 17.6 Å². The maximum Gasteiger partial charge on any atom is 0.416 e. The van der Waals surface area contributed by atoms with Gasteiger partial charge in [0, 0.05) is 31.9 Å². The number of amidine groups is 1. The molecule has 0 bridgehead atoms. The molecule has 1 saturated heterocycles. The van der Waals surface area contributed by atoms with Crippen LogP contribution >= 0.6 is 0 Å². The molecule has 0 aromatic heterocycles. The maximum absolute atomic E-state index is 14.0. The maximum atomic E-state index is 14.0. The van der Waals surface area contributed by atoms with Crippen LogP contribution in [0, 0.1) is 11.7 Å². The number of ether oxygens (including phenoxy) is 1. The Hall–Kier alpha value is -3.10. The van der Waals surface area contributed by atoms with Gasteiger partial charge in [-0.2, -0.15) is 18.2 Å². The van der Waals surface area contributed by atoms with Crippen LogP contribution < -0.4 is 4.90 Å². The van der Waals surface area contributed by atoms with Crippen molar-refractivity contribution in [1.82, 2.24) is 4.90 Å². The molecule has 5 nitrogen and oxygen atoms in total. The average Bonchev–Trinajstić information content (AvgIpc) is 2.76. The first-order valence-electron chi connectivity index (χ1n) is 10.3. The van der Waals surface area contributed by atoms with Gasteiger partial charge in [0.2, 0.25) is 0 Å². The minimum atomic E-state index is -4.41. The predicted octanol–water partition coefficient (Wildman–Crippen LogP) is 4.84. The van der Waals surface area contributed by atoms with Gasteiger partial charge in [0.05, 0.1) is 17.7 Å². The van der Waals surface area contributed by atoms with Crippen LogP contribution in [0.1, 0.15) is 29.8 Å². The second-order valence-electron chi connectivity index (χ2n) is 7.91. The second kappa shape index (κ2) is 10.0. The number of carbonyl (C=O) groups is 1. The summed E-state index contributed by atoms with van der Waals surface area (Å²) in [7, 11) is 0. The van der Waals surface area contributed by atoms with Crippen LogP contribution in [0.5, 0.6) is 0 Å². The van der Waals surface area contributed by atoms with E-state index in [2.05, 4.69) is 4.99 Å². The Kier molecular flexibility index (Phi) is 7.37. The fourth-order valence-electron chi connectivity index (χ4n) is 3.25. The number of alkyl halides is 3. The molecule has 1 amide bonds. The zero-order valence-corrected chi connectivity index (χ0v) is 17.9. The monoisotopic (exact) mass is 451 g/mol. The number of rotatable bonds is 4. The van der Waals surface area contributed by atoms with Crippen LogP contribution in [0.4, 0.5) is 23.2 Å². The Labute approximate surface area is 184 Å². The topological polar surface area (TPSA) is 45.1 Å². The number of hydrogen-bond donors (Lipinski definition) is 0. The quantitative estimate of drug-likeness (QED) is 0.379. The number of carbonyl (C=O) groups excluding carboxylic acids is 1. The standard InChI is InChI=1S/C23H25F4N3O2/c1-16(2)15-32-22(28-21(31)19-8-3-4-9-20(19)24)30-12-10-29(11-13-30)18-7-5-6-17(14-18)23(25,26)27/h3-9,14,16H,10-13,15H2,1-2H3. The summed E-state index contributed by atoms with van der Waals surface area (Å²) in [5, 5.41) is 0. The van der Waals surface area contributed by atoms with Gasteiger partial charge in [0.1, 0.15) is 5.82 Å². The van der Waals surface area contributed by atoms with Crippen LogP contribution in [0.2, 0.25) is 0 Å². The van der Waals surface area contributed by atoms with Gasteiger partial charge >= 0.3 is 6.18 Å². The number of amides is 1. The molecule has 0 atom stereocenters. The lowest BCUT2D eigenvalue weighted by Crippen LogP contribution is -2.49. The number of anilines is 1. The Morgan fingerprint density at radius 2 is 1.75 bits per heavy atom. The third-order valence-corrected chi connectivity index (χ3v) is 4.94. The molecule has 1 fully saturated rings. The van der Waals surface area contributed by atoms with Gasteiger partial charge < -0.3 is 14.5 Å². The highest BCUT2D eigenvalue weighted by atomic mass is 19.4. The molecule has 0 unspecified atom stereocenters. The van der Waals surface area contributed by atoms with Crippen molar-refractivity contribution in [2.24, 2.45) is 10.9 Å². The van der Waals surface area contributed by atoms with Crippen LogP contribution in [-0.2, 0) is 10.9 Å². The summed E-state index contributed by atoms with van der Waals surface area (Å²) in [6, 6.07) is 10.9. The molecule has 0 saturated carbocycles. The normalized spacial score (nSPS) is 15.3. The SMILES string of the molecule is CC(C)COC(=NC(=O)c1ccccc1F)N1CCN(c2cccc(C(F)(F)F)c2)CC1. The van der Waals surface area contributed by atoms with Gasteiger partial charge in [-0.15, -0.1) is 0 Å². The minimum absolute atomic E-state index is 0.0932. The zero-order valence-electron chi connectivity index (χ0n) is 17.9. The first-order chi connectivity index (χ1) is 15.1. The molecule has 0 spiro atoms. The average molecular weight is 451 g/mol. The lowest BCUT2D eigenvalue weighted by Gasteiger charge is -2.37. The molecule has 2 aromatic carbocycles. The van der Waals surface area contributed by atoms with Crippen molar-refractivity contribution in [1.29, 1.82) is 0 Å². The summed E-state index contributed by atoms with van der Waals surface area (Å²) in [4.78, 5) is 20.1. The molecule has 9 heteroatoms. The van der Waals surface area contributed by atoms with Crippen LogP contribution in [0.15, 0.2) is 53.5 Å². The highest BCUT2D eigenvalue weighted by molar-refractivity contribution is 6.01. The first-order valence-corrected chi connectivity index (χ1v) is 10.3. The van der Waals surface area contributed by atoms with Crippen LogP contribution in [0.25, 0.3) is 0 Å². The summed E-state index contributed by atoms with van der Waals surface area (Å²) in [5.41, 5.74) is -0.375. The summed E-state index contributed by atoms with van der Waals surface area (Å²) >= 11 is 0. The summed E-state index contributed by atoms with van der Waals surface area (Å²) < 4.78 is 58.8. The van der Waals surface area contributed by atoms with E-state index in [1.807, 2.05) is 18.7 Å². The highest BCUT2D eigenvalue weighted by Gasteiger charge is 2.31. The first kappa shape index (κ1) is 23.6. The molecule has 1 aliphatic rings. The molecule has 1 heterocycles. The van der Waals surface area contributed by atoms with E-state index in [1.54, 1.807) is 17.0 Å². The predicted molar refractivity (Wildman–Crippen MR) is 114 cm³/mol. The molecular weight excluding hydrogens is 426 g/mol. The molecule has 172 valence electrons. The van der Waals surface area contributed by atoms with E-state index in [0.29, 0.717) is 38.5 Å². The van der Waals surface area contributed by atoms with Crippen molar-refractivity contribution in [3.8, 4) is 0 Å². The Morgan fingerprint density at radius 3 is 2.38 bits per heavy atom. The number of benzene rings is 2. The van der Waals surface area contributed by atoms with Crippen LogP contribution in [-0.4, -0.2) is 49.6 Å². The molecule has 2 aromatic rings. The van der Waals surface area contributed by atoms with Gasteiger partial charge in [0.25, 0.3) is 11.9 Å². The number of piperazine rings is 1. The van der Waals surface area contributed by atoms with E-state index in [9.17, 15) is 22.4 Å². The van der Waals surface area contributed by atoms with E-state index < -0.39 is 23.5 Å². The third kappa shape index (κ3) is 5.99. The largest absolute Gasteiger partial charge is 0.465 e. The number of aliphatic imine (C=N–C) groups is 1. The van der Waals surface area contributed by atoms with Crippen LogP contribution in [0.3, 0.4) is 0 Å². The Bertz CT molecular complexity index is 968. The molecule has 3 rings (SSSR count). The van der Waals surface area contributed by atoms with Gasteiger partial charge in [-0.1, -0.05) is 32.0 Å². The summed E-state index contributed by atoms with van der Waals surface area (Å²) in [5.74, 6) is -1.24.